The van der Waals surface area contributed by atoms with E-state index in [-0.39, 0.29) is 22.8 Å². The lowest BCUT2D eigenvalue weighted by Crippen LogP contribution is -2.71. The summed E-state index contributed by atoms with van der Waals surface area (Å²) in [6.45, 7) is 12.6. The molecule has 0 spiro atoms. The van der Waals surface area contributed by atoms with Crippen molar-refractivity contribution in [2.24, 2.45) is 22.2 Å². The van der Waals surface area contributed by atoms with Crippen molar-refractivity contribution < 1.29 is 29.0 Å². The Balaban J connectivity index is 1.51. The molecule has 0 saturated carbocycles. The van der Waals surface area contributed by atoms with Crippen molar-refractivity contribution >= 4 is 46.5 Å². The third kappa shape index (κ3) is 4.13. The van der Waals surface area contributed by atoms with Gasteiger partial charge in [-0.25, -0.2) is 4.79 Å². The fraction of sp³-hybridized carbons (Fsp3) is 0.739. The number of hydrogen-bond donors (Lipinski definition) is 1. The van der Waals surface area contributed by atoms with Gasteiger partial charge in [0.1, 0.15) is 5.70 Å². The highest BCUT2D eigenvalue weighted by molar-refractivity contribution is 8.14. The van der Waals surface area contributed by atoms with Crippen LogP contribution in [0.15, 0.2) is 15.6 Å². The molecule has 0 aliphatic carbocycles. The van der Waals surface area contributed by atoms with Crippen molar-refractivity contribution in [3.05, 3.63) is 10.6 Å². The van der Waals surface area contributed by atoms with Crippen LogP contribution >= 0.6 is 23.5 Å². The summed E-state index contributed by atoms with van der Waals surface area (Å²) < 4.78 is 10.4. The first-order valence-corrected chi connectivity index (χ1v) is 13.4. The van der Waals surface area contributed by atoms with Crippen molar-refractivity contribution in [1.29, 1.82) is 0 Å². The normalized spacial score (nSPS) is 30.0. The van der Waals surface area contributed by atoms with Gasteiger partial charge in [-0.3, -0.25) is 19.5 Å². The van der Waals surface area contributed by atoms with E-state index in [9.17, 15) is 19.5 Å². The Morgan fingerprint density at radius 2 is 2.00 bits per heavy atom. The second-order valence-corrected chi connectivity index (χ2v) is 12.8. The van der Waals surface area contributed by atoms with Gasteiger partial charge < -0.3 is 19.5 Å². The van der Waals surface area contributed by atoms with E-state index >= 15 is 0 Å². The number of amides is 1. The molecule has 9 nitrogen and oxygen atoms in total. The molecular formula is C23H33N3O6S2. The topological polar surface area (TPSA) is 109 Å². The first kappa shape index (κ1) is 25.4. The number of esters is 2. The molecule has 4 aliphatic rings. The van der Waals surface area contributed by atoms with Gasteiger partial charge in [0, 0.05) is 34.9 Å². The van der Waals surface area contributed by atoms with Crippen LogP contribution in [-0.4, -0.2) is 87.0 Å². The number of fused-ring (bicyclic) bond motifs is 1. The van der Waals surface area contributed by atoms with Gasteiger partial charge >= 0.3 is 11.9 Å². The first-order valence-electron chi connectivity index (χ1n) is 11.6. The van der Waals surface area contributed by atoms with E-state index in [0.29, 0.717) is 0 Å². The van der Waals surface area contributed by atoms with Gasteiger partial charge in [0.15, 0.2) is 5.17 Å². The molecule has 0 aromatic carbocycles. The lowest BCUT2D eigenvalue weighted by molar-refractivity contribution is -0.182. The van der Waals surface area contributed by atoms with Gasteiger partial charge in [-0.15, -0.1) is 11.8 Å². The Bertz CT molecular complexity index is 953. The van der Waals surface area contributed by atoms with Gasteiger partial charge in [-0.2, -0.15) is 0 Å². The average molecular weight is 512 g/mol. The molecule has 4 rings (SSSR count). The molecule has 4 aliphatic heterocycles. The smallest absolute Gasteiger partial charge is 0.358 e. The Morgan fingerprint density at radius 3 is 2.56 bits per heavy atom. The first-order chi connectivity index (χ1) is 15.9. The predicted octanol–water partition coefficient (Wildman–Crippen LogP) is 2.06. The molecule has 34 heavy (non-hydrogen) atoms. The number of aliphatic hydroxyl groups excluding tert-OH is 1. The fourth-order valence-corrected chi connectivity index (χ4v) is 7.40. The van der Waals surface area contributed by atoms with Crippen molar-refractivity contribution in [3.8, 4) is 0 Å². The third-order valence-corrected chi connectivity index (χ3v) is 9.44. The summed E-state index contributed by atoms with van der Waals surface area (Å²) in [6.07, 6.45) is -0.831. The van der Waals surface area contributed by atoms with Gasteiger partial charge in [0.25, 0.3) is 0 Å². The van der Waals surface area contributed by atoms with Gasteiger partial charge in [-0.1, -0.05) is 18.7 Å². The maximum absolute atomic E-state index is 13.2. The standard InChI is InChI=1S/C23H33N3O6S2/c1-12-17(34-14-9-25(10-14)21-24-7-8-33-21)16(19(29)31-11-32-20(30)22(3,4)5)26-18(28)15(13(2)27)23(12,26)6/h12-15,27H,7-11H2,1-6H3/t12-,13+,15-,23+/m0/s1. The summed E-state index contributed by atoms with van der Waals surface area (Å²) in [7, 11) is 0. The monoisotopic (exact) mass is 511 g/mol. The maximum atomic E-state index is 13.2. The van der Waals surface area contributed by atoms with E-state index in [1.165, 1.54) is 4.90 Å². The second-order valence-electron chi connectivity index (χ2n) is 10.4. The summed E-state index contributed by atoms with van der Waals surface area (Å²) in [5, 5.41) is 11.6. The minimum atomic E-state index is -0.831. The maximum Gasteiger partial charge on any atom is 0.358 e. The molecule has 1 N–H and O–H groups in total. The molecule has 11 heteroatoms. The van der Waals surface area contributed by atoms with Gasteiger partial charge in [0.2, 0.25) is 12.7 Å². The van der Waals surface area contributed by atoms with Gasteiger partial charge in [-0.05, 0) is 34.6 Å². The number of β-lactam (4-membered cyclic amide) rings is 1. The summed E-state index contributed by atoms with van der Waals surface area (Å²) in [5.41, 5.74) is -1.22. The summed E-state index contributed by atoms with van der Waals surface area (Å²) in [6, 6.07) is 0. The van der Waals surface area contributed by atoms with E-state index in [1.54, 1.807) is 51.2 Å². The number of amidine groups is 1. The summed E-state index contributed by atoms with van der Waals surface area (Å²) >= 11 is 3.36. The Kier molecular flexibility index (Phi) is 6.76. The number of aliphatic imine (C=N–C) groups is 1. The number of hydrogen-bond acceptors (Lipinski definition) is 10. The van der Waals surface area contributed by atoms with Crippen LogP contribution in [0, 0.1) is 17.3 Å². The summed E-state index contributed by atoms with van der Waals surface area (Å²) in [4.78, 5) is 47.2. The minimum Gasteiger partial charge on any atom is -0.427 e. The van der Waals surface area contributed by atoms with Crippen LogP contribution in [0.1, 0.15) is 41.5 Å². The van der Waals surface area contributed by atoms with Crippen LogP contribution in [0.3, 0.4) is 0 Å². The molecule has 0 aromatic heterocycles. The number of carbonyl (C=O) groups excluding carboxylic acids is 3. The third-order valence-electron chi connectivity index (χ3n) is 6.97. The molecule has 0 aromatic rings. The molecule has 188 valence electrons. The van der Waals surface area contributed by atoms with Crippen LogP contribution in [-0.2, 0) is 23.9 Å². The Morgan fingerprint density at radius 1 is 1.32 bits per heavy atom. The minimum absolute atomic E-state index is 0.151. The average Bonchev–Trinajstić information content (AvgIpc) is 3.29. The SMILES string of the molecule is C[C@@H](O)[C@H]1C(=O)N2C(C(=O)OCOC(=O)C(C)(C)C)=C(SC3CN(C4=NCCS4)C3)[C@H](C)[C@]12C. The number of nitrogens with zero attached hydrogens (tertiary/aromatic N) is 3. The van der Waals surface area contributed by atoms with Crippen molar-refractivity contribution in [1.82, 2.24) is 9.80 Å². The molecule has 2 fully saturated rings. The number of likely N-dealkylation sites (tertiary alicyclic amines) is 1. The number of thioether (sulfide) groups is 2. The molecular weight excluding hydrogens is 478 g/mol. The Hall–Kier alpha value is -1.72. The van der Waals surface area contributed by atoms with Crippen LogP contribution in [0.5, 0.6) is 0 Å². The zero-order valence-electron chi connectivity index (χ0n) is 20.5. The zero-order chi connectivity index (χ0) is 25.0. The second kappa shape index (κ2) is 9.05. The lowest BCUT2D eigenvalue weighted by atomic mass is 9.67. The quantitative estimate of drug-likeness (QED) is 0.326. The molecule has 0 bridgehead atoms. The van der Waals surface area contributed by atoms with Crippen LogP contribution < -0.4 is 0 Å². The van der Waals surface area contributed by atoms with Gasteiger partial charge in [0.05, 0.1) is 29.5 Å². The fourth-order valence-electron chi connectivity index (χ4n) is 4.92. The summed E-state index contributed by atoms with van der Waals surface area (Å²) in [5.74, 6) is -1.19. The highest BCUT2D eigenvalue weighted by Crippen LogP contribution is 2.58. The number of rotatable bonds is 6. The van der Waals surface area contributed by atoms with E-state index in [4.69, 9.17) is 9.47 Å². The molecule has 2 saturated heterocycles. The highest BCUT2D eigenvalue weighted by atomic mass is 32.2. The molecule has 0 unspecified atom stereocenters. The van der Waals surface area contributed by atoms with E-state index in [1.807, 2.05) is 13.8 Å². The predicted molar refractivity (Wildman–Crippen MR) is 131 cm³/mol. The molecule has 4 heterocycles. The highest BCUT2D eigenvalue weighted by Gasteiger charge is 2.68. The van der Waals surface area contributed by atoms with E-state index in [2.05, 4.69) is 9.89 Å². The van der Waals surface area contributed by atoms with Crippen molar-refractivity contribution in [2.75, 3.05) is 32.2 Å². The van der Waals surface area contributed by atoms with E-state index < -0.39 is 41.7 Å². The number of aliphatic hydroxyl groups is 1. The Labute approximate surface area is 208 Å². The largest absolute Gasteiger partial charge is 0.427 e. The molecule has 4 atom stereocenters. The van der Waals surface area contributed by atoms with Crippen LogP contribution in [0.2, 0.25) is 0 Å². The van der Waals surface area contributed by atoms with E-state index in [0.717, 1.165) is 35.5 Å². The zero-order valence-corrected chi connectivity index (χ0v) is 22.1. The van der Waals surface area contributed by atoms with Crippen molar-refractivity contribution in [2.45, 2.75) is 58.4 Å². The van der Waals surface area contributed by atoms with Crippen LogP contribution in [0.25, 0.3) is 0 Å². The van der Waals surface area contributed by atoms with Crippen molar-refractivity contribution in [3.63, 3.8) is 0 Å². The molecule has 0 radical (unpaired) electrons. The molecule has 1 amide bonds. The lowest BCUT2D eigenvalue weighted by Gasteiger charge is -2.55. The van der Waals surface area contributed by atoms with Crippen LogP contribution in [0.4, 0.5) is 0 Å². The number of carbonyl (C=O) groups is 3. The number of ether oxygens (including phenoxy) is 2.